The lowest BCUT2D eigenvalue weighted by atomic mass is 9.63. The summed E-state index contributed by atoms with van der Waals surface area (Å²) in [6.45, 7) is 3.21. The second kappa shape index (κ2) is 3.70. The second-order valence-electron chi connectivity index (χ2n) is 4.71. The zero-order valence-corrected chi connectivity index (χ0v) is 9.09. The fourth-order valence-electron chi connectivity index (χ4n) is 1.83. The Kier molecular flexibility index (Phi) is 3.05. The highest BCUT2D eigenvalue weighted by molar-refractivity contribution is 5.75. The molecule has 0 aromatic carbocycles. The minimum absolute atomic E-state index is 0.270. The Morgan fingerprint density at radius 3 is 2.33 bits per heavy atom. The summed E-state index contributed by atoms with van der Waals surface area (Å²) in [6.07, 6.45) is -1.88. The van der Waals surface area contributed by atoms with Gasteiger partial charge in [0.25, 0.3) is 0 Å². The lowest BCUT2D eigenvalue weighted by Crippen LogP contribution is -2.51. The lowest BCUT2D eigenvalue weighted by Gasteiger charge is -2.46. The lowest BCUT2D eigenvalue weighted by molar-refractivity contribution is -0.182. The maximum Gasteiger partial charge on any atom is 0.335 e. The van der Waals surface area contributed by atoms with Crippen molar-refractivity contribution in [2.24, 2.45) is 11.3 Å². The molecule has 0 saturated heterocycles. The van der Waals surface area contributed by atoms with Gasteiger partial charge in [0.15, 0.2) is 6.10 Å². The molecule has 1 aliphatic carbocycles. The topological polar surface area (TPSA) is 46.5 Å². The molecule has 0 spiro atoms. The van der Waals surface area contributed by atoms with Gasteiger partial charge < -0.3 is 9.84 Å². The number of aliphatic hydroxyl groups is 1. The molecule has 0 heterocycles. The Morgan fingerprint density at radius 1 is 1.53 bits per heavy atom. The summed E-state index contributed by atoms with van der Waals surface area (Å²) < 4.78 is 29.7. The average Bonchev–Trinajstić information content (AvgIpc) is 2.11. The van der Waals surface area contributed by atoms with Crippen LogP contribution in [0.1, 0.15) is 26.7 Å². The molecule has 15 heavy (non-hydrogen) atoms. The number of hydrogen-bond donors (Lipinski definition) is 1. The molecule has 88 valence electrons. The van der Waals surface area contributed by atoms with E-state index in [1.54, 1.807) is 13.8 Å². The van der Waals surface area contributed by atoms with Crippen LogP contribution in [0, 0.1) is 11.3 Å². The number of methoxy groups -OCH3 is 1. The minimum Gasteiger partial charge on any atom is -0.467 e. The van der Waals surface area contributed by atoms with Gasteiger partial charge in [0.1, 0.15) is 0 Å². The largest absolute Gasteiger partial charge is 0.467 e. The van der Waals surface area contributed by atoms with Crippen LogP contribution in [0.25, 0.3) is 0 Å². The molecular formula is C10H16F2O3. The van der Waals surface area contributed by atoms with Crippen LogP contribution in [0.15, 0.2) is 0 Å². The Bertz CT molecular complexity index is 255. The van der Waals surface area contributed by atoms with E-state index >= 15 is 0 Å². The molecule has 0 bridgehead atoms. The number of alkyl halides is 2. The van der Waals surface area contributed by atoms with Crippen LogP contribution in [0.4, 0.5) is 8.78 Å². The average molecular weight is 222 g/mol. The number of rotatable bonds is 3. The van der Waals surface area contributed by atoms with Gasteiger partial charge in [0.2, 0.25) is 5.92 Å². The van der Waals surface area contributed by atoms with E-state index in [0.29, 0.717) is 0 Å². The minimum atomic E-state index is -2.64. The van der Waals surface area contributed by atoms with Crippen molar-refractivity contribution >= 4 is 5.97 Å². The van der Waals surface area contributed by atoms with Crippen molar-refractivity contribution in [2.75, 3.05) is 7.11 Å². The van der Waals surface area contributed by atoms with Crippen LogP contribution >= 0.6 is 0 Å². The van der Waals surface area contributed by atoms with Crippen LogP contribution < -0.4 is 0 Å². The SMILES string of the molecule is COC(=O)C(O)C(C)(C)C1CC(F)(F)C1. The number of carbonyl (C=O) groups excluding carboxylic acids is 1. The first kappa shape index (κ1) is 12.4. The van der Waals surface area contributed by atoms with Crippen LogP contribution in [0.5, 0.6) is 0 Å². The van der Waals surface area contributed by atoms with Crippen LogP contribution in [0.3, 0.4) is 0 Å². The molecule has 5 heteroatoms. The van der Waals surface area contributed by atoms with Crippen LogP contribution in [0.2, 0.25) is 0 Å². The molecular weight excluding hydrogens is 206 g/mol. The van der Waals surface area contributed by atoms with Crippen molar-refractivity contribution in [1.29, 1.82) is 0 Å². The van der Waals surface area contributed by atoms with E-state index in [9.17, 15) is 18.7 Å². The Balaban J connectivity index is 2.64. The summed E-state index contributed by atoms with van der Waals surface area (Å²) in [6, 6.07) is 0. The molecule has 3 nitrogen and oxygen atoms in total. The summed E-state index contributed by atoms with van der Waals surface area (Å²) in [5.74, 6) is -3.76. The van der Waals surface area contributed by atoms with Crippen LogP contribution in [-0.4, -0.2) is 30.2 Å². The highest BCUT2D eigenvalue weighted by atomic mass is 19.3. The summed E-state index contributed by atoms with van der Waals surface area (Å²) in [4.78, 5) is 11.1. The molecule has 1 rings (SSSR count). The smallest absolute Gasteiger partial charge is 0.335 e. The third-order valence-corrected chi connectivity index (χ3v) is 3.27. The van der Waals surface area contributed by atoms with Gasteiger partial charge in [0, 0.05) is 18.3 Å². The molecule has 1 unspecified atom stereocenters. The first-order chi connectivity index (χ1) is 6.70. The van der Waals surface area contributed by atoms with Gasteiger partial charge in [-0.1, -0.05) is 13.8 Å². The number of ether oxygens (including phenoxy) is 1. The maximum absolute atomic E-state index is 12.7. The molecule has 1 saturated carbocycles. The predicted octanol–water partition coefficient (Wildman–Crippen LogP) is 1.59. The van der Waals surface area contributed by atoms with Gasteiger partial charge in [0.05, 0.1) is 7.11 Å². The van der Waals surface area contributed by atoms with Crippen molar-refractivity contribution in [3.05, 3.63) is 0 Å². The number of carbonyl (C=O) groups is 1. The monoisotopic (exact) mass is 222 g/mol. The van der Waals surface area contributed by atoms with E-state index in [4.69, 9.17) is 0 Å². The van der Waals surface area contributed by atoms with Crippen molar-refractivity contribution in [3.63, 3.8) is 0 Å². The third kappa shape index (κ3) is 2.27. The fourth-order valence-corrected chi connectivity index (χ4v) is 1.83. The standard InChI is InChI=1S/C10H16F2O3/c1-9(2,7(13)8(14)15-3)6-4-10(11,12)5-6/h6-7,13H,4-5H2,1-3H3. The zero-order chi connectivity index (χ0) is 11.9. The Labute approximate surface area is 87.4 Å². The first-order valence-corrected chi connectivity index (χ1v) is 4.84. The van der Waals surface area contributed by atoms with Gasteiger partial charge in [-0.05, 0) is 5.92 Å². The maximum atomic E-state index is 12.7. The summed E-state index contributed by atoms with van der Waals surface area (Å²) >= 11 is 0. The van der Waals surface area contributed by atoms with Gasteiger partial charge in [-0.2, -0.15) is 0 Å². The van der Waals surface area contributed by atoms with Gasteiger partial charge >= 0.3 is 5.97 Å². The highest BCUT2D eigenvalue weighted by Crippen LogP contribution is 2.52. The van der Waals surface area contributed by atoms with Gasteiger partial charge in [-0.25, -0.2) is 13.6 Å². The fraction of sp³-hybridized carbons (Fsp3) is 0.900. The number of halogens is 2. The molecule has 0 radical (unpaired) electrons. The van der Waals surface area contributed by atoms with Crippen molar-refractivity contribution < 1.29 is 23.4 Å². The van der Waals surface area contributed by atoms with Gasteiger partial charge in [-0.15, -0.1) is 0 Å². The quantitative estimate of drug-likeness (QED) is 0.738. The summed E-state index contributed by atoms with van der Waals surface area (Å²) in [5, 5.41) is 9.63. The van der Waals surface area contributed by atoms with E-state index in [1.807, 2.05) is 0 Å². The number of aliphatic hydroxyl groups excluding tert-OH is 1. The molecule has 0 aliphatic heterocycles. The summed E-state index contributed by atoms with van der Waals surface area (Å²) in [5.41, 5.74) is -0.866. The molecule has 1 atom stereocenters. The number of esters is 1. The molecule has 0 aromatic rings. The number of hydrogen-bond acceptors (Lipinski definition) is 3. The normalized spacial score (nSPS) is 23.1. The second-order valence-corrected chi connectivity index (χ2v) is 4.71. The zero-order valence-electron chi connectivity index (χ0n) is 9.09. The van der Waals surface area contributed by atoms with Gasteiger partial charge in [-0.3, -0.25) is 0 Å². The molecule has 0 amide bonds. The summed E-state index contributed by atoms with van der Waals surface area (Å²) in [7, 11) is 1.16. The first-order valence-electron chi connectivity index (χ1n) is 4.84. The van der Waals surface area contributed by atoms with E-state index in [2.05, 4.69) is 4.74 Å². The Morgan fingerprint density at radius 2 is 2.00 bits per heavy atom. The Hall–Kier alpha value is -0.710. The van der Waals surface area contributed by atoms with E-state index in [1.165, 1.54) is 0 Å². The van der Waals surface area contributed by atoms with E-state index < -0.39 is 23.4 Å². The highest BCUT2D eigenvalue weighted by Gasteiger charge is 2.54. The van der Waals surface area contributed by atoms with Crippen molar-refractivity contribution in [3.8, 4) is 0 Å². The van der Waals surface area contributed by atoms with E-state index in [0.717, 1.165) is 7.11 Å². The van der Waals surface area contributed by atoms with Crippen LogP contribution in [-0.2, 0) is 9.53 Å². The predicted molar refractivity (Wildman–Crippen MR) is 49.5 cm³/mol. The molecule has 1 aliphatic rings. The molecule has 1 fully saturated rings. The molecule has 1 N–H and O–H groups in total. The van der Waals surface area contributed by atoms with Crippen molar-refractivity contribution in [1.82, 2.24) is 0 Å². The molecule has 0 aromatic heterocycles. The van der Waals surface area contributed by atoms with Crippen molar-refractivity contribution in [2.45, 2.75) is 38.7 Å². The van der Waals surface area contributed by atoms with E-state index in [-0.39, 0.29) is 18.8 Å². The third-order valence-electron chi connectivity index (χ3n) is 3.27.